The summed E-state index contributed by atoms with van der Waals surface area (Å²) in [4.78, 5) is 3.69. The first-order valence-electron chi connectivity index (χ1n) is 5.61. The molecular formula is C13H15BrOS2. The van der Waals surface area contributed by atoms with Gasteiger partial charge in [-0.2, -0.15) is 0 Å². The highest BCUT2D eigenvalue weighted by Gasteiger charge is 2.14. The monoisotopic (exact) mass is 330 g/mol. The van der Waals surface area contributed by atoms with E-state index in [2.05, 4.69) is 48.0 Å². The fourth-order valence-corrected chi connectivity index (χ4v) is 4.21. The van der Waals surface area contributed by atoms with Gasteiger partial charge in [0, 0.05) is 21.1 Å². The van der Waals surface area contributed by atoms with Crippen molar-refractivity contribution in [3.63, 3.8) is 0 Å². The molecule has 2 aromatic heterocycles. The first-order valence-corrected chi connectivity index (χ1v) is 8.04. The van der Waals surface area contributed by atoms with Crippen molar-refractivity contribution in [1.82, 2.24) is 0 Å². The van der Waals surface area contributed by atoms with Crippen LogP contribution in [0.25, 0.3) is 0 Å². The fourth-order valence-electron chi connectivity index (χ4n) is 1.66. The number of aliphatic hydroxyl groups excluding tert-OH is 1. The van der Waals surface area contributed by atoms with E-state index in [4.69, 9.17) is 0 Å². The lowest BCUT2D eigenvalue weighted by Crippen LogP contribution is -1.97. The summed E-state index contributed by atoms with van der Waals surface area (Å²) in [6.45, 7) is 4.21. The van der Waals surface area contributed by atoms with Gasteiger partial charge in [-0.1, -0.05) is 6.92 Å². The second-order valence-corrected chi connectivity index (χ2v) is 7.70. The van der Waals surface area contributed by atoms with Crippen LogP contribution >= 0.6 is 38.6 Å². The Hall–Kier alpha value is -0.160. The summed E-state index contributed by atoms with van der Waals surface area (Å²) in [5.74, 6) is 0. The van der Waals surface area contributed by atoms with Crippen LogP contribution < -0.4 is 0 Å². The van der Waals surface area contributed by atoms with Crippen LogP contribution in [0, 0.1) is 6.92 Å². The van der Waals surface area contributed by atoms with Crippen molar-refractivity contribution in [2.75, 3.05) is 0 Å². The van der Waals surface area contributed by atoms with E-state index in [0.29, 0.717) is 0 Å². The van der Waals surface area contributed by atoms with Crippen LogP contribution in [-0.4, -0.2) is 5.11 Å². The lowest BCUT2D eigenvalue weighted by Gasteiger charge is -2.05. The topological polar surface area (TPSA) is 20.2 Å². The van der Waals surface area contributed by atoms with Crippen LogP contribution in [-0.2, 0) is 12.8 Å². The summed E-state index contributed by atoms with van der Waals surface area (Å²) in [7, 11) is 0. The van der Waals surface area contributed by atoms with Crippen molar-refractivity contribution >= 4 is 38.6 Å². The zero-order chi connectivity index (χ0) is 12.4. The molecule has 92 valence electrons. The molecule has 0 spiro atoms. The molecule has 0 aromatic carbocycles. The quantitative estimate of drug-likeness (QED) is 0.859. The minimum atomic E-state index is -0.381. The van der Waals surface area contributed by atoms with E-state index >= 15 is 0 Å². The van der Waals surface area contributed by atoms with Crippen LogP contribution in [0.5, 0.6) is 0 Å². The molecule has 0 amide bonds. The third-order valence-corrected chi connectivity index (χ3v) is 6.15. The van der Waals surface area contributed by atoms with Gasteiger partial charge >= 0.3 is 0 Å². The molecule has 2 aromatic rings. The van der Waals surface area contributed by atoms with E-state index in [1.54, 1.807) is 22.7 Å². The van der Waals surface area contributed by atoms with E-state index in [9.17, 15) is 5.11 Å². The second-order valence-electron chi connectivity index (χ2n) is 4.05. The summed E-state index contributed by atoms with van der Waals surface area (Å²) >= 11 is 6.92. The number of rotatable bonds is 4. The lowest BCUT2D eigenvalue weighted by atomic mass is 10.2. The van der Waals surface area contributed by atoms with Gasteiger partial charge in [0.2, 0.25) is 0 Å². The molecule has 0 aliphatic carbocycles. The molecule has 0 fully saturated rings. The minimum Gasteiger partial charge on any atom is -0.387 e. The van der Waals surface area contributed by atoms with Crippen LogP contribution in [0.2, 0.25) is 0 Å². The molecule has 1 N–H and O–H groups in total. The molecule has 0 saturated heterocycles. The number of thiophene rings is 2. The maximum Gasteiger partial charge on any atom is 0.0930 e. The summed E-state index contributed by atoms with van der Waals surface area (Å²) in [5, 5.41) is 10.2. The van der Waals surface area contributed by atoms with Crippen molar-refractivity contribution in [1.29, 1.82) is 0 Å². The summed E-state index contributed by atoms with van der Waals surface area (Å²) in [6, 6.07) is 6.35. The van der Waals surface area contributed by atoms with Gasteiger partial charge in [-0.3, -0.25) is 0 Å². The number of aryl methyl sites for hydroxylation is 2. The van der Waals surface area contributed by atoms with Crippen molar-refractivity contribution in [3.8, 4) is 0 Å². The number of aliphatic hydroxyl groups is 1. The number of hydrogen-bond donors (Lipinski definition) is 1. The van der Waals surface area contributed by atoms with Crippen LogP contribution in [0.15, 0.2) is 22.0 Å². The smallest absolute Gasteiger partial charge is 0.0930 e. The van der Waals surface area contributed by atoms with Crippen LogP contribution in [0.3, 0.4) is 0 Å². The van der Waals surface area contributed by atoms with Gasteiger partial charge in [-0.05, 0) is 53.0 Å². The Morgan fingerprint density at radius 1 is 1.29 bits per heavy atom. The van der Waals surface area contributed by atoms with Gasteiger partial charge in [0.1, 0.15) is 0 Å². The highest BCUT2D eigenvalue weighted by Crippen LogP contribution is 2.33. The summed E-state index contributed by atoms with van der Waals surface area (Å²) < 4.78 is 1.12. The van der Waals surface area contributed by atoms with Crippen molar-refractivity contribution < 1.29 is 5.11 Å². The predicted molar refractivity (Wildman–Crippen MR) is 79.1 cm³/mol. The van der Waals surface area contributed by atoms with Gasteiger partial charge in [0.05, 0.1) is 9.89 Å². The van der Waals surface area contributed by atoms with Gasteiger partial charge < -0.3 is 5.11 Å². The van der Waals surface area contributed by atoms with Crippen molar-refractivity contribution in [2.24, 2.45) is 0 Å². The molecule has 1 unspecified atom stereocenters. The van der Waals surface area contributed by atoms with E-state index in [1.807, 2.05) is 0 Å². The highest BCUT2D eigenvalue weighted by atomic mass is 79.9. The molecule has 0 saturated carbocycles. The van der Waals surface area contributed by atoms with Crippen LogP contribution in [0.1, 0.15) is 33.2 Å². The Morgan fingerprint density at radius 3 is 2.53 bits per heavy atom. The van der Waals surface area contributed by atoms with E-state index < -0.39 is 0 Å². The molecule has 2 rings (SSSR count). The van der Waals surface area contributed by atoms with Gasteiger partial charge in [-0.15, -0.1) is 22.7 Å². The van der Waals surface area contributed by atoms with E-state index in [-0.39, 0.29) is 6.10 Å². The van der Waals surface area contributed by atoms with Crippen molar-refractivity contribution in [3.05, 3.63) is 42.2 Å². The molecule has 1 atom stereocenters. The molecule has 1 nitrogen and oxygen atoms in total. The molecule has 4 heteroatoms. The first kappa shape index (κ1) is 13.3. The zero-order valence-electron chi connectivity index (χ0n) is 9.87. The minimum absolute atomic E-state index is 0.381. The van der Waals surface area contributed by atoms with Crippen LogP contribution in [0.4, 0.5) is 0 Å². The third-order valence-electron chi connectivity index (χ3n) is 2.66. The molecule has 17 heavy (non-hydrogen) atoms. The Labute approximate surface area is 118 Å². The molecule has 0 bridgehead atoms. The number of hydrogen-bond acceptors (Lipinski definition) is 3. The van der Waals surface area contributed by atoms with Crippen molar-refractivity contribution in [2.45, 2.75) is 32.8 Å². The average Bonchev–Trinajstić information content (AvgIpc) is 2.87. The Balaban J connectivity index is 2.08. The van der Waals surface area contributed by atoms with Gasteiger partial charge in [-0.25, -0.2) is 0 Å². The normalized spacial score (nSPS) is 12.9. The zero-order valence-corrected chi connectivity index (χ0v) is 13.1. The SMILES string of the molecule is CCc1ccc(CC(O)c2cc(C)c(Br)s2)s1. The lowest BCUT2D eigenvalue weighted by molar-refractivity contribution is 0.183. The largest absolute Gasteiger partial charge is 0.387 e. The second kappa shape index (κ2) is 5.65. The molecule has 0 aliphatic heterocycles. The third kappa shape index (κ3) is 3.19. The van der Waals surface area contributed by atoms with Gasteiger partial charge in [0.25, 0.3) is 0 Å². The fraction of sp³-hybridized carbons (Fsp3) is 0.385. The Bertz CT molecular complexity index is 482. The highest BCUT2D eigenvalue weighted by molar-refractivity contribution is 9.11. The molecule has 0 radical (unpaired) electrons. The predicted octanol–water partition coefficient (Wildman–Crippen LogP) is 4.72. The summed E-state index contributed by atoms with van der Waals surface area (Å²) in [5.41, 5.74) is 1.20. The standard InChI is InChI=1S/C13H15BrOS2/c1-3-9-4-5-10(16-9)7-11(15)12-6-8(2)13(14)17-12/h4-6,11,15H,3,7H2,1-2H3. The van der Waals surface area contributed by atoms with E-state index in [0.717, 1.165) is 21.5 Å². The summed E-state index contributed by atoms with van der Waals surface area (Å²) in [6.07, 6.45) is 1.41. The van der Waals surface area contributed by atoms with Gasteiger partial charge in [0.15, 0.2) is 0 Å². The molecule has 0 aliphatic rings. The van der Waals surface area contributed by atoms with E-state index in [1.165, 1.54) is 15.3 Å². The Morgan fingerprint density at radius 2 is 2.00 bits per heavy atom. The Kier molecular flexibility index (Phi) is 4.42. The first-order chi connectivity index (χ1) is 8.10. The average molecular weight is 331 g/mol. The number of halogens is 1. The maximum atomic E-state index is 10.2. The molecular weight excluding hydrogens is 316 g/mol. The maximum absolute atomic E-state index is 10.2. The molecule has 2 heterocycles.